The Bertz CT molecular complexity index is 1080. The number of hydrogen-bond donors (Lipinski definition) is 2. The van der Waals surface area contributed by atoms with Crippen molar-refractivity contribution in [2.45, 2.75) is 37.6 Å². The molecular weight excluding hydrogens is 436 g/mol. The molecule has 1 aromatic heterocycles. The summed E-state index contributed by atoms with van der Waals surface area (Å²) in [6.45, 7) is 3.96. The molecule has 168 valence electrons. The molecule has 2 heterocycles. The first kappa shape index (κ1) is 23.4. The van der Waals surface area contributed by atoms with Gasteiger partial charge in [-0.15, -0.1) is 11.3 Å². The maximum atomic E-state index is 12.8. The number of benzene rings is 1. The first-order valence-corrected chi connectivity index (χ1v) is 12.4. The van der Waals surface area contributed by atoms with Crippen molar-refractivity contribution in [3.05, 3.63) is 45.8 Å². The lowest BCUT2D eigenvalue weighted by Gasteiger charge is -2.22. The number of nitrogens with zero attached hydrogens (tertiary/aromatic N) is 2. The fourth-order valence-corrected chi connectivity index (χ4v) is 6.05. The van der Waals surface area contributed by atoms with Crippen molar-refractivity contribution in [1.82, 2.24) is 9.21 Å². The third kappa shape index (κ3) is 4.98. The molecule has 0 atom stereocenters. The number of amides is 2. The van der Waals surface area contributed by atoms with E-state index in [1.165, 1.54) is 39.9 Å². The second-order valence-electron chi connectivity index (χ2n) is 7.72. The number of rotatable bonds is 8. The molecule has 0 bridgehead atoms. The molecule has 0 saturated carbocycles. The molecule has 0 aliphatic carbocycles. The minimum Gasteiger partial charge on any atom is -0.365 e. The van der Waals surface area contributed by atoms with Gasteiger partial charge in [0.25, 0.3) is 11.8 Å². The van der Waals surface area contributed by atoms with E-state index in [-0.39, 0.29) is 4.90 Å². The van der Waals surface area contributed by atoms with Crippen LogP contribution in [0.1, 0.15) is 50.9 Å². The molecule has 1 aliphatic heterocycles. The van der Waals surface area contributed by atoms with Crippen molar-refractivity contribution in [3.63, 3.8) is 0 Å². The van der Waals surface area contributed by atoms with Gasteiger partial charge in [-0.2, -0.15) is 0 Å². The second-order valence-corrected chi connectivity index (χ2v) is 10.9. The van der Waals surface area contributed by atoms with Crippen LogP contribution in [0.3, 0.4) is 0 Å². The van der Waals surface area contributed by atoms with Crippen molar-refractivity contribution < 1.29 is 18.0 Å². The van der Waals surface area contributed by atoms with Crippen LogP contribution in [0.5, 0.6) is 0 Å². The number of hydrogen-bond acceptors (Lipinski definition) is 6. The van der Waals surface area contributed by atoms with Gasteiger partial charge in [0, 0.05) is 37.1 Å². The smallest absolute Gasteiger partial charge is 0.256 e. The third-order valence-electron chi connectivity index (χ3n) is 5.37. The summed E-state index contributed by atoms with van der Waals surface area (Å²) in [5.41, 5.74) is 7.17. The number of thiophene rings is 1. The normalized spacial score (nSPS) is 14.5. The number of fused-ring (bicyclic) bond motifs is 1. The Hall–Kier alpha value is -2.27. The Balaban J connectivity index is 1.80. The first-order chi connectivity index (χ1) is 14.6. The summed E-state index contributed by atoms with van der Waals surface area (Å²) < 4.78 is 26.6. The number of unbranched alkanes of at least 4 members (excludes halogenated alkanes) is 1. The van der Waals surface area contributed by atoms with Gasteiger partial charge in [-0.05, 0) is 49.7 Å². The van der Waals surface area contributed by atoms with Crippen LogP contribution < -0.4 is 11.1 Å². The minimum absolute atomic E-state index is 0.134. The van der Waals surface area contributed by atoms with Crippen LogP contribution in [0, 0.1) is 0 Å². The standard InChI is InChI=1S/C21H28N4O4S2/c1-4-5-11-25(3)31(28,29)15-8-6-14(7-9-15)20(27)23-21-18(19(22)26)16-10-12-24(2)13-17(16)30-21/h6-9H,4-5,10-13H2,1-3H3,(H2,22,26)(H,23,27). The molecule has 0 fully saturated rings. The fraction of sp³-hybridized carbons (Fsp3) is 0.429. The molecule has 8 nitrogen and oxygen atoms in total. The Morgan fingerprint density at radius 1 is 1.26 bits per heavy atom. The molecule has 1 aliphatic rings. The summed E-state index contributed by atoms with van der Waals surface area (Å²) in [6.07, 6.45) is 2.38. The van der Waals surface area contributed by atoms with Crippen LogP contribution in [0.2, 0.25) is 0 Å². The van der Waals surface area contributed by atoms with Crippen molar-refractivity contribution in [3.8, 4) is 0 Å². The molecule has 1 aromatic carbocycles. The molecule has 31 heavy (non-hydrogen) atoms. The summed E-state index contributed by atoms with van der Waals surface area (Å²) in [7, 11) is -0.0513. The molecule has 3 rings (SSSR count). The van der Waals surface area contributed by atoms with Gasteiger partial charge in [0.2, 0.25) is 10.0 Å². The quantitative estimate of drug-likeness (QED) is 0.623. The number of primary amides is 1. The average Bonchev–Trinajstić information content (AvgIpc) is 3.08. The molecule has 0 unspecified atom stereocenters. The molecule has 2 aromatic rings. The summed E-state index contributed by atoms with van der Waals surface area (Å²) in [5.74, 6) is -0.980. The van der Waals surface area contributed by atoms with E-state index in [0.29, 0.717) is 35.6 Å². The van der Waals surface area contributed by atoms with Crippen molar-refractivity contribution in [2.75, 3.05) is 32.5 Å². The number of likely N-dealkylation sites (N-methyl/N-ethyl adjacent to an activating group) is 1. The highest BCUT2D eigenvalue weighted by Gasteiger charge is 2.27. The van der Waals surface area contributed by atoms with E-state index in [0.717, 1.165) is 29.8 Å². The molecule has 0 spiro atoms. The van der Waals surface area contributed by atoms with E-state index in [2.05, 4.69) is 10.2 Å². The first-order valence-electron chi connectivity index (χ1n) is 10.2. The minimum atomic E-state index is -3.60. The zero-order valence-electron chi connectivity index (χ0n) is 18.0. The fourth-order valence-electron chi connectivity index (χ4n) is 3.51. The number of sulfonamides is 1. The van der Waals surface area contributed by atoms with Gasteiger partial charge in [0.1, 0.15) is 5.00 Å². The Kier molecular flexibility index (Phi) is 7.15. The number of nitrogens with two attached hydrogens (primary N) is 1. The summed E-state index contributed by atoms with van der Waals surface area (Å²) in [5, 5.41) is 3.23. The summed E-state index contributed by atoms with van der Waals surface area (Å²) in [6, 6.07) is 5.80. The van der Waals surface area contributed by atoms with Crippen LogP contribution in [0.25, 0.3) is 0 Å². The van der Waals surface area contributed by atoms with Crippen LogP contribution in [0.4, 0.5) is 5.00 Å². The van der Waals surface area contributed by atoms with Crippen molar-refractivity contribution in [1.29, 1.82) is 0 Å². The number of anilines is 1. The summed E-state index contributed by atoms with van der Waals surface area (Å²) >= 11 is 1.36. The Labute approximate surface area is 187 Å². The van der Waals surface area contributed by atoms with Crippen LogP contribution in [-0.4, -0.2) is 56.6 Å². The lowest BCUT2D eigenvalue weighted by atomic mass is 10.0. The van der Waals surface area contributed by atoms with Crippen LogP contribution in [-0.2, 0) is 23.0 Å². The Morgan fingerprint density at radius 3 is 2.55 bits per heavy atom. The average molecular weight is 465 g/mol. The maximum Gasteiger partial charge on any atom is 0.256 e. The zero-order chi connectivity index (χ0) is 22.8. The SMILES string of the molecule is CCCCN(C)S(=O)(=O)c1ccc(C(=O)Nc2sc3c(c2C(N)=O)CCN(C)C3)cc1. The van der Waals surface area contributed by atoms with Gasteiger partial charge in [0.05, 0.1) is 10.5 Å². The van der Waals surface area contributed by atoms with Gasteiger partial charge < -0.3 is 16.0 Å². The molecule has 3 N–H and O–H groups in total. The molecule has 2 amide bonds. The number of carbonyl (C=O) groups excluding carboxylic acids is 2. The topological polar surface area (TPSA) is 113 Å². The highest BCUT2D eigenvalue weighted by Crippen LogP contribution is 2.36. The van der Waals surface area contributed by atoms with Gasteiger partial charge in [0.15, 0.2) is 0 Å². The van der Waals surface area contributed by atoms with E-state index < -0.39 is 21.8 Å². The van der Waals surface area contributed by atoms with Crippen molar-refractivity contribution in [2.24, 2.45) is 5.73 Å². The van der Waals surface area contributed by atoms with Gasteiger partial charge in [-0.25, -0.2) is 12.7 Å². The van der Waals surface area contributed by atoms with E-state index in [1.807, 2.05) is 14.0 Å². The zero-order valence-corrected chi connectivity index (χ0v) is 19.6. The molecule has 10 heteroatoms. The van der Waals surface area contributed by atoms with Gasteiger partial charge in [-0.1, -0.05) is 13.3 Å². The van der Waals surface area contributed by atoms with Crippen molar-refractivity contribution >= 4 is 38.2 Å². The summed E-state index contributed by atoms with van der Waals surface area (Å²) in [4.78, 5) is 28.1. The predicted octanol–water partition coefficient (Wildman–Crippen LogP) is 2.51. The van der Waals surface area contributed by atoms with Gasteiger partial charge >= 0.3 is 0 Å². The lowest BCUT2D eigenvalue weighted by molar-refractivity contribution is 0.1000. The highest BCUT2D eigenvalue weighted by atomic mass is 32.2. The Morgan fingerprint density at radius 2 is 1.94 bits per heavy atom. The maximum absolute atomic E-state index is 12.8. The predicted molar refractivity (Wildman–Crippen MR) is 122 cm³/mol. The highest BCUT2D eigenvalue weighted by molar-refractivity contribution is 7.89. The van der Waals surface area contributed by atoms with E-state index in [4.69, 9.17) is 5.73 Å². The van der Waals surface area contributed by atoms with E-state index >= 15 is 0 Å². The van der Waals surface area contributed by atoms with E-state index in [1.54, 1.807) is 7.05 Å². The molecular formula is C21H28N4O4S2. The lowest BCUT2D eigenvalue weighted by Crippen LogP contribution is -2.28. The monoisotopic (exact) mass is 464 g/mol. The second kappa shape index (κ2) is 9.47. The van der Waals surface area contributed by atoms with E-state index in [9.17, 15) is 18.0 Å². The number of carbonyl (C=O) groups is 2. The van der Waals surface area contributed by atoms with Crippen LogP contribution in [0.15, 0.2) is 29.2 Å². The van der Waals surface area contributed by atoms with Gasteiger partial charge in [-0.3, -0.25) is 9.59 Å². The third-order valence-corrected chi connectivity index (χ3v) is 8.38. The molecule has 0 radical (unpaired) electrons. The molecule has 0 saturated heterocycles. The van der Waals surface area contributed by atoms with Crippen LogP contribution >= 0.6 is 11.3 Å². The largest absolute Gasteiger partial charge is 0.365 e. The number of nitrogens with one attached hydrogen (secondary N) is 1.